The molecule has 0 saturated carbocycles. The maximum Gasteiger partial charge on any atom is 0.260 e. The topological polar surface area (TPSA) is 96.3 Å². The van der Waals surface area contributed by atoms with Crippen molar-refractivity contribution < 1.29 is 9.97 Å². The Morgan fingerprint density at radius 3 is 2.67 bits per heavy atom. The lowest BCUT2D eigenvalue weighted by atomic mass is 10.1. The molecule has 0 radical (unpaired) electrons. The molecule has 3 rings (SSSR count). The van der Waals surface area contributed by atoms with E-state index < -0.39 is 0 Å². The van der Waals surface area contributed by atoms with Crippen LogP contribution in [0.5, 0.6) is 0 Å². The predicted octanol–water partition coefficient (Wildman–Crippen LogP) is 0.730. The monoisotopic (exact) mass is 368 g/mol. The van der Waals surface area contributed by atoms with Gasteiger partial charge in [-0.05, 0) is 43.0 Å². The van der Waals surface area contributed by atoms with Gasteiger partial charge in [-0.1, -0.05) is 24.3 Å². The van der Waals surface area contributed by atoms with E-state index in [-0.39, 0.29) is 11.1 Å². The molecule has 0 aromatic heterocycles. The van der Waals surface area contributed by atoms with Gasteiger partial charge in [0.25, 0.3) is 5.96 Å². The average molecular weight is 368 g/mol. The zero-order valence-corrected chi connectivity index (χ0v) is 15.5. The lowest BCUT2D eigenvalue weighted by Crippen LogP contribution is -2.98. The molecule has 0 fully saturated rings. The summed E-state index contributed by atoms with van der Waals surface area (Å²) in [5, 5.41) is 24.9. The number of carbonyl (C=O) groups is 1. The van der Waals surface area contributed by atoms with Crippen molar-refractivity contribution in [2.75, 3.05) is 37.8 Å². The summed E-state index contributed by atoms with van der Waals surface area (Å²) in [7, 11) is 3.94. The van der Waals surface area contributed by atoms with Crippen LogP contribution in [-0.2, 0) is 11.2 Å². The second kappa shape index (κ2) is 8.63. The summed E-state index contributed by atoms with van der Waals surface area (Å²) in [5.41, 5.74) is 2.98. The molecule has 1 atom stereocenters. The molecule has 27 heavy (non-hydrogen) atoms. The van der Waals surface area contributed by atoms with Crippen LogP contribution in [0.1, 0.15) is 5.56 Å². The highest BCUT2D eigenvalue weighted by Crippen LogP contribution is 2.19. The first kappa shape index (κ1) is 18.8. The number of hydrogen-bond donors (Lipinski definition) is 4. The fourth-order valence-corrected chi connectivity index (χ4v) is 2.66. The first-order valence-electron chi connectivity index (χ1n) is 8.78. The molecule has 8 heteroatoms. The van der Waals surface area contributed by atoms with Crippen LogP contribution in [0.15, 0.2) is 53.6 Å². The van der Waals surface area contributed by atoms with Crippen LogP contribution in [0.4, 0.5) is 17.1 Å². The fourth-order valence-electron chi connectivity index (χ4n) is 2.66. The van der Waals surface area contributed by atoms with Crippen molar-refractivity contribution >= 4 is 28.9 Å². The predicted molar refractivity (Wildman–Crippen MR) is 107 cm³/mol. The number of carbonyl (C=O) groups excluding carboxylic acids is 1. The molecule has 4 N–H and O–H groups in total. The summed E-state index contributed by atoms with van der Waals surface area (Å²) in [6.45, 7) is 1.44. The van der Waals surface area contributed by atoms with E-state index in [0.29, 0.717) is 24.6 Å². The van der Waals surface area contributed by atoms with Gasteiger partial charge in [0.05, 0.1) is 6.42 Å². The van der Waals surface area contributed by atoms with Gasteiger partial charge >= 0.3 is 0 Å². The second-order valence-corrected chi connectivity index (χ2v) is 6.59. The van der Waals surface area contributed by atoms with E-state index in [1.54, 1.807) is 6.07 Å². The van der Waals surface area contributed by atoms with Gasteiger partial charge < -0.3 is 26.1 Å². The first-order chi connectivity index (χ1) is 13.0. The van der Waals surface area contributed by atoms with E-state index in [2.05, 4.69) is 21.1 Å². The van der Waals surface area contributed by atoms with E-state index in [4.69, 9.17) is 0 Å². The summed E-state index contributed by atoms with van der Waals surface area (Å²) >= 11 is 0. The van der Waals surface area contributed by atoms with Crippen LogP contribution in [0.3, 0.4) is 0 Å². The number of para-hydroxylation sites is 1. The van der Waals surface area contributed by atoms with E-state index in [9.17, 15) is 10.0 Å². The Balaban J connectivity index is 1.55. The molecular formula is C19H24N6O2. The number of rotatable bonds is 6. The molecule has 0 aliphatic carbocycles. The molecule has 0 saturated heterocycles. The van der Waals surface area contributed by atoms with Gasteiger partial charge in [0.1, 0.15) is 5.69 Å². The molecule has 2 aromatic carbocycles. The Labute approximate surface area is 158 Å². The maximum absolute atomic E-state index is 12.1. The SMILES string of the molecule is CN(C)CCNC(=O)Cc1ccc(NC2=N[NH+]([O-])c3ccccc3N2)cc1. The number of nitrogens with one attached hydrogen (secondary N) is 4. The summed E-state index contributed by atoms with van der Waals surface area (Å²) in [5.74, 6) is 0.381. The number of likely N-dealkylation sites (N-methyl/N-ethyl adjacent to an activating group) is 1. The Morgan fingerprint density at radius 2 is 1.93 bits per heavy atom. The molecular weight excluding hydrogens is 344 g/mol. The van der Waals surface area contributed by atoms with E-state index in [1.165, 1.54) is 0 Å². The molecule has 8 nitrogen and oxygen atoms in total. The van der Waals surface area contributed by atoms with Crippen molar-refractivity contribution in [3.05, 3.63) is 59.3 Å². The molecule has 2 aromatic rings. The van der Waals surface area contributed by atoms with Crippen molar-refractivity contribution in [3.63, 3.8) is 0 Å². The Hall–Kier alpha value is -2.94. The number of hydrogen-bond acceptors (Lipinski definition) is 6. The molecule has 1 aliphatic heterocycles. The van der Waals surface area contributed by atoms with Crippen LogP contribution in [0, 0.1) is 5.21 Å². The third-order valence-electron chi connectivity index (χ3n) is 4.09. The highest BCUT2D eigenvalue weighted by Gasteiger charge is 2.18. The fraction of sp³-hybridized carbons (Fsp3) is 0.263. The van der Waals surface area contributed by atoms with Crippen LogP contribution in [0.25, 0.3) is 0 Å². The second-order valence-electron chi connectivity index (χ2n) is 6.59. The number of quaternary nitrogens is 1. The number of benzene rings is 2. The molecule has 1 unspecified atom stereocenters. The van der Waals surface area contributed by atoms with Crippen molar-refractivity contribution in [3.8, 4) is 0 Å². The third kappa shape index (κ3) is 5.27. The Bertz CT molecular complexity index is 819. The highest BCUT2D eigenvalue weighted by atomic mass is 16.5. The van der Waals surface area contributed by atoms with Gasteiger partial charge in [0.15, 0.2) is 5.69 Å². The van der Waals surface area contributed by atoms with Gasteiger partial charge in [-0.3, -0.25) is 4.79 Å². The van der Waals surface area contributed by atoms with Crippen molar-refractivity contribution in [2.45, 2.75) is 6.42 Å². The van der Waals surface area contributed by atoms with Crippen LogP contribution < -0.4 is 21.1 Å². The quantitative estimate of drug-likeness (QED) is 0.564. The highest BCUT2D eigenvalue weighted by molar-refractivity contribution is 6.05. The summed E-state index contributed by atoms with van der Waals surface area (Å²) < 4.78 is 0. The van der Waals surface area contributed by atoms with Crippen LogP contribution in [-0.4, -0.2) is 44.0 Å². The number of fused-ring (bicyclic) bond motifs is 1. The zero-order valence-electron chi connectivity index (χ0n) is 15.5. The number of anilines is 2. The maximum atomic E-state index is 12.1. The molecule has 0 spiro atoms. The summed E-state index contributed by atoms with van der Waals surface area (Å²) in [4.78, 5) is 14.0. The van der Waals surface area contributed by atoms with E-state index in [1.807, 2.05) is 61.5 Å². The van der Waals surface area contributed by atoms with Crippen molar-refractivity contribution in [1.82, 2.24) is 10.2 Å². The zero-order chi connectivity index (χ0) is 19.2. The molecule has 1 aliphatic rings. The number of amides is 1. The number of guanidine groups is 1. The van der Waals surface area contributed by atoms with Crippen molar-refractivity contribution in [1.29, 1.82) is 0 Å². The van der Waals surface area contributed by atoms with Gasteiger partial charge in [-0.15, -0.1) is 0 Å². The standard InChI is InChI=1S/C19H24N6O2/c1-24(2)12-11-20-18(26)13-14-7-9-15(10-8-14)21-19-22-16-5-3-4-6-17(16)25(27)23-19/h3-10,25H,11-13H2,1-2H3,(H,20,26)(H2,21,22,23). The minimum atomic E-state index is -0.280. The molecule has 1 amide bonds. The van der Waals surface area contributed by atoms with E-state index in [0.717, 1.165) is 23.5 Å². The number of nitrogens with zero attached hydrogens (tertiary/aromatic N) is 2. The minimum Gasteiger partial charge on any atom is -0.601 e. The minimum absolute atomic E-state index is 0.00177. The molecule has 1 heterocycles. The Morgan fingerprint density at radius 1 is 1.19 bits per heavy atom. The first-order valence-corrected chi connectivity index (χ1v) is 8.78. The lowest BCUT2D eigenvalue weighted by Gasteiger charge is -2.24. The molecule has 142 valence electrons. The third-order valence-corrected chi connectivity index (χ3v) is 4.09. The summed E-state index contributed by atoms with van der Waals surface area (Å²) in [6, 6.07) is 14.7. The largest absolute Gasteiger partial charge is 0.601 e. The lowest BCUT2D eigenvalue weighted by molar-refractivity contribution is -0.783. The Kier molecular flexibility index (Phi) is 6.02. The van der Waals surface area contributed by atoms with Gasteiger partial charge in [-0.25, -0.2) is 5.17 Å². The van der Waals surface area contributed by atoms with Gasteiger partial charge in [-0.2, -0.15) is 0 Å². The van der Waals surface area contributed by atoms with Crippen LogP contribution in [0.2, 0.25) is 0 Å². The normalized spacial score (nSPS) is 15.6. The van der Waals surface area contributed by atoms with Gasteiger partial charge in [0, 0.05) is 24.8 Å². The summed E-state index contributed by atoms with van der Waals surface area (Å²) in [6.07, 6.45) is 0.332. The van der Waals surface area contributed by atoms with Crippen LogP contribution >= 0.6 is 0 Å². The molecule has 0 bridgehead atoms. The van der Waals surface area contributed by atoms with Crippen molar-refractivity contribution in [2.24, 2.45) is 5.10 Å². The van der Waals surface area contributed by atoms with Gasteiger partial charge in [0.2, 0.25) is 5.91 Å². The average Bonchev–Trinajstić information content (AvgIpc) is 2.63. The smallest absolute Gasteiger partial charge is 0.260 e. The van der Waals surface area contributed by atoms with E-state index >= 15 is 0 Å².